The number of rotatable bonds is 9. The highest BCUT2D eigenvalue weighted by atomic mass is 32.2. The van der Waals surface area contributed by atoms with Gasteiger partial charge in [-0.3, -0.25) is 33.8 Å². The lowest BCUT2D eigenvalue weighted by atomic mass is 9.72. The number of carbonyl (C=O) groups excluding carboxylic acids is 5. The summed E-state index contributed by atoms with van der Waals surface area (Å²) in [4.78, 5) is 70.5. The maximum absolute atomic E-state index is 14.1. The molecule has 2 aliphatic carbocycles. The van der Waals surface area contributed by atoms with Crippen molar-refractivity contribution in [3.05, 3.63) is 51.6 Å². The van der Waals surface area contributed by atoms with E-state index in [1.165, 1.54) is 37.1 Å². The fourth-order valence-corrected chi connectivity index (χ4v) is 10.1. The molecule has 0 spiro atoms. The molecule has 9 atom stereocenters. The van der Waals surface area contributed by atoms with Gasteiger partial charge >= 0.3 is 0 Å². The molecule has 300 valence electrons. The third-order valence-corrected chi connectivity index (χ3v) is 13.1. The van der Waals surface area contributed by atoms with E-state index in [9.17, 15) is 39.3 Å². The van der Waals surface area contributed by atoms with Crippen molar-refractivity contribution in [2.75, 3.05) is 40.1 Å². The number of phenolic OH excluding ortho intramolecular Hbond substituents is 2. The average Bonchev–Trinajstić information content (AvgIpc) is 3.70. The van der Waals surface area contributed by atoms with Crippen molar-refractivity contribution < 1.29 is 63.0 Å². The standard InChI is InChI=1S/C39H45N3O13S/c1-17-35-20(41-11-6-9-22(52-3)37(41)55-35)13-26(53-17)54-23-16-39(50,38(49)40-10-12-42-25(43)14-24(56-4)36(42)48)15-19-28(23)34(47)30-29(32(19)45)31(44)18-7-5-8-21(51-2)27(18)33(30)46/h5,7-8,17,20,22-24,26,35,37,45,47,50H,6,9-16H2,1-4H3,(H,40,49)/t17-,20?,22-,23-,24?,26-,35+,37+,39-/m0/s1. The second-order valence-electron chi connectivity index (χ2n) is 15.2. The Morgan fingerprint density at radius 3 is 2.55 bits per heavy atom. The summed E-state index contributed by atoms with van der Waals surface area (Å²) in [5.74, 6) is -4.34. The zero-order valence-corrected chi connectivity index (χ0v) is 32.3. The highest BCUT2D eigenvalue weighted by Gasteiger charge is 2.55. The van der Waals surface area contributed by atoms with Crippen LogP contribution in [0, 0.1) is 0 Å². The number of amides is 3. The summed E-state index contributed by atoms with van der Waals surface area (Å²) in [5.41, 5.74) is -3.55. The van der Waals surface area contributed by atoms with Crippen LogP contribution < -0.4 is 10.1 Å². The van der Waals surface area contributed by atoms with Crippen LogP contribution in [0.2, 0.25) is 0 Å². The number of imide groups is 1. The Morgan fingerprint density at radius 2 is 1.84 bits per heavy atom. The van der Waals surface area contributed by atoms with E-state index >= 15 is 0 Å². The second kappa shape index (κ2) is 14.7. The summed E-state index contributed by atoms with van der Waals surface area (Å²) in [6, 6.07) is 4.31. The molecule has 4 heterocycles. The van der Waals surface area contributed by atoms with Crippen molar-refractivity contribution in [1.82, 2.24) is 15.1 Å². The van der Waals surface area contributed by atoms with Gasteiger partial charge in [0.25, 0.3) is 5.91 Å². The van der Waals surface area contributed by atoms with Crippen LogP contribution in [0.25, 0.3) is 0 Å². The fourth-order valence-electron chi connectivity index (χ4n) is 9.41. The third kappa shape index (κ3) is 6.10. The van der Waals surface area contributed by atoms with Crippen molar-refractivity contribution in [3.8, 4) is 17.2 Å². The Bertz CT molecular complexity index is 2010. The maximum atomic E-state index is 14.1. The van der Waals surface area contributed by atoms with Gasteiger partial charge in [0.05, 0.1) is 47.4 Å². The summed E-state index contributed by atoms with van der Waals surface area (Å²) in [6.07, 6.45) is -0.601. The minimum Gasteiger partial charge on any atom is -0.507 e. The first-order valence-electron chi connectivity index (χ1n) is 18.8. The van der Waals surface area contributed by atoms with Crippen LogP contribution in [-0.2, 0) is 39.8 Å². The largest absolute Gasteiger partial charge is 0.507 e. The van der Waals surface area contributed by atoms with Gasteiger partial charge in [-0.25, -0.2) is 0 Å². The van der Waals surface area contributed by atoms with Crippen molar-refractivity contribution in [2.45, 2.75) is 99.3 Å². The molecule has 16 nitrogen and oxygen atoms in total. The molecular formula is C39H45N3O13S. The second-order valence-corrected chi connectivity index (χ2v) is 16.2. The molecule has 0 aromatic heterocycles. The number of piperidine rings is 1. The van der Waals surface area contributed by atoms with Gasteiger partial charge in [-0.2, -0.15) is 11.8 Å². The number of phenols is 2. The number of aliphatic hydroxyl groups is 1. The predicted molar refractivity (Wildman–Crippen MR) is 197 cm³/mol. The van der Waals surface area contributed by atoms with Gasteiger partial charge in [0, 0.05) is 75.2 Å². The van der Waals surface area contributed by atoms with E-state index in [2.05, 4.69) is 10.2 Å². The Morgan fingerprint density at radius 1 is 1.07 bits per heavy atom. The van der Waals surface area contributed by atoms with Gasteiger partial charge in [0.15, 0.2) is 12.1 Å². The van der Waals surface area contributed by atoms with Crippen LogP contribution in [0.4, 0.5) is 0 Å². The van der Waals surface area contributed by atoms with Gasteiger partial charge in [-0.15, -0.1) is 0 Å². The molecule has 17 heteroatoms. The summed E-state index contributed by atoms with van der Waals surface area (Å²) in [6.45, 7) is 2.34. The first kappa shape index (κ1) is 38.8. The number of fused-ring (bicyclic) bond motifs is 6. The Labute approximate surface area is 326 Å². The van der Waals surface area contributed by atoms with Crippen LogP contribution in [0.15, 0.2) is 18.2 Å². The molecule has 0 bridgehead atoms. The topological polar surface area (TPSA) is 211 Å². The third-order valence-electron chi connectivity index (χ3n) is 12.1. The van der Waals surface area contributed by atoms with Crippen molar-refractivity contribution >= 4 is 41.0 Å². The number of ether oxygens (including phenoxy) is 5. The smallest absolute Gasteiger partial charge is 0.252 e. The molecule has 2 aromatic carbocycles. The summed E-state index contributed by atoms with van der Waals surface area (Å²) >= 11 is 1.27. The van der Waals surface area contributed by atoms with Crippen LogP contribution in [0.3, 0.4) is 0 Å². The number of aromatic hydroxyl groups is 2. The van der Waals surface area contributed by atoms with E-state index in [0.29, 0.717) is 6.42 Å². The first-order valence-corrected chi connectivity index (χ1v) is 20.1. The molecule has 2 aromatic rings. The molecule has 4 saturated heterocycles. The molecule has 4 aliphatic heterocycles. The number of carbonyl (C=O) groups is 5. The summed E-state index contributed by atoms with van der Waals surface area (Å²) in [7, 11) is 3.00. The minimum absolute atomic E-state index is 0.0486. The summed E-state index contributed by atoms with van der Waals surface area (Å²) in [5, 5.41) is 38.2. The molecule has 56 heavy (non-hydrogen) atoms. The van der Waals surface area contributed by atoms with Crippen LogP contribution in [0.1, 0.15) is 88.1 Å². The molecule has 8 rings (SSSR count). The molecule has 3 amide bonds. The SMILES string of the molecule is COc1cccc2c1C(=O)c1c(O)c3c(c(O)c1C2=O)C[C@@](O)(C(=O)NCCN1C(=O)CC(SC)C1=O)C[C@@H]3O[C@H]1CC2[C@H](O[C@@H]3[C@@H](OC)CCCN23)[C@H](C)O1. The number of thioether (sulfide) groups is 1. The van der Waals surface area contributed by atoms with Gasteiger partial charge in [0.1, 0.15) is 35.2 Å². The zero-order valence-electron chi connectivity index (χ0n) is 31.4. The molecular weight excluding hydrogens is 751 g/mol. The number of nitrogens with zero attached hydrogens (tertiary/aromatic N) is 2. The quantitative estimate of drug-likeness (QED) is 0.179. The van der Waals surface area contributed by atoms with Gasteiger partial charge in [-0.1, -0.05) is 12.1 Å². The van der Waals surface area contributed by atoms with Crippen LogP contribution in [0.5, 0.6) is 17.2 Å². The maximum Gasteiger partial charge on any atom is 0.252 e. The van der Waals surface area contributed by atoms with E-state index in [0.717, 1.165) is 24.3 Å². The Hall–Kier alpha value is -4.10. The van der Waals surface area contributed by atoms with E-state index in [1.807, 2.05) is 6.92 Å². The van der Waals surface area contributed by atoms with Gasteiger partial charge < -0.3 is 44.3 Å². The molecule has 4 N–H and O–H groups in total. The first-order chi connectivity index (χ1) is 26.8. The normalized spacial score (nSPS) is 32.4. The highest BCUT2D eigenvalue weighted by Crippen LogP contribution is 2.53. The molecule has 0 radical (unpaired) electrons. The highest BCUT2D eigenvalue weighted by molar-refractivity contribution is 8.00. The monoisotopic (exact) mass is 795 g/mol. The lowest BCUT2D eigenvalue weighted by molar-refractivity contribution is -0.248. The van der Waals surface area contributed by atoms with Gasteiger partial charge in [-0.05, 0) is 32.1 Å². The molecule has 2 unspecified atom stereocenters. The average molecular weight is 796 g/mol. The fraction of sp³-hybridized carbons (Fsp3) is 0.564. The minimum atomic E-state index is -2.29. The van der Waals surface area contributed by atoms with E-state index in [-0.39, 0.29) is 83.8 Å². The van der Waals surface area contributed by atoms with Crippen molar-refractivity contribution in [3.63, 3.8) is 0 Å². The Balaban J connectivity index is 1.14. The lowest BCUT2D eigenvalue weighted by Crippen LogP contribution is -2.55. The van der Waals surface area contributed by atoms with E-state index < -0.39 is 82.3 Å². The number of hydrogen-bond donors (Lipinski definition) is 4. The molecule has 6 aliphatic rings. The van der Waals surface area contributed by atoms with Crippen LogP contribution >= 0.6 is 11.8 Å². The zero-order chi connectivity index (χ0) is 39.8. The summed E-state index contributed by atoms with van der Waals surface area (Å²) < 4.78 is 30.5. The number of likely N-dealkylation sites (tertiary alicyclic amines) is 1. The van der Waals surface area contributed by atoms with E-state index in [1.54, 1.807) is 13.4 Å². The number of ketones is 2. The molecule has 4 fully saturated rings. The van der Waals surface area contributed by atoms with Crippen LogP contribution in [-0.4, -0.2) is 142 Å². The van der Waals surface area contributed by atoms with Gasteiger partial charge in [0.2, 0.25) is 17.6 Å². The van der Waals surface area contributed by atoms with Crippen molar-refractivity contribution in [1.29, 1.82) is 0 Å². The predicted octanol–water partition coefficient (Wildman–Crippen LogP) is 1.56. The number of methoxy groups -OCH3 is 2. The van der Waals surface area contributed by atoms with E-state index in [4.69, 9.17) is 23.7 Å². The number of benzene rings is 2. The number of nitrogens with one attached hydrogen (secondary N) is 1. The molecule has 0 saturated carbocycles. The lowest BCUT2D eigenvalue weighted by Gasteiger charge is -2.43. The van der Waals surface area contributed by atoms with Crippen molar-refractivity contribution in [2.24, 2.45) is 0 Å². The number of hydrogen-bond acceptors (Lipinski definition) is 15. The Kier molecular flexibility index (Phi) is 10.2.